The normalized spacial score (nSPS) is 18.7. The first-order valence-corrected chi connectivity index (χ1v) is 4.56. The topological polar surface area (TPSA) is 47.0 Å². The van der Waals surface area contributed by atoms with Gasteiger partial charge in [-0.25, -0.2) is 4.98 Å². The average molecular weight is 181 g/mol. The fourth-order valence-electron chi connectivity index (χ4n) is 1.14. The van der Waals surface area contributed by atoms with Crippen LogP contribution in [0.5, 0.6) is 0 Å². The lowest BCUT2D eigenvalue weighted by atomic mass is 10.1. The van der Waals surface area contributed by atoms with Gasteiger partial charge in [-0.2, -0.15) is 0 Å². The molecule has 0 bridgehead atoms. The molecule has 0 radical (unpaired) electrons. The highest BCUT2D eigenvalue weighted by molar-refractivity contribution is 7.11. The van der Waals surface area contributed by atoms with Gasteiger partial charge in [-0.15, -0.1) is 11.3 Å². The van der Waals surface area contributed by atoms with Crippen molar-refractivity contribution in [1.82, 2.24) is 4.98 Å². The molecule has 0 saturated heterocycles. The molecule has 0 amide bonds. The molecular formula is C8H7NO2S. The van der Waals surface area contributed by atoms with Gasteiger partial charge >= 0.3 is 0 Å². The van der Waals surface area contributed by atoms with Crippen LogP contribution in [0.1, 0.15) is 28.3 Å². The van der Waals surface area contributed by atoms with E-state index in [-0.39, 0.29) is 5.41 Å². The highest BCUT2D eigenvalue weighted by atomic mass is 32.1. The van der Waals surface area contributed by atoms with E-state index >= 15 is 0 Å². The maximum atomic E-state index is 10.7. The number of nitrogens with zero attached hydrogens (tertiary/aromatic N) is 1. The number of aldehydes is 2. The Morgan fingerprint density at radius 3 is 2.67 bits per heavy atom. The molecule has 1 fully saturated rings. The van der Waals surface area contributed by atoms with Gasteiger partial charge in [-0.3, -0.25) is 4.79 Å². The Morgan fingerprint density at radius 1 is 1.50 bits per heavy atom. The van der Waals surface area contributed by atoms with Crippen molar-refractivity contribution in [2.75, 3.05) is 0 Å². The minimum absolute atomic E-state index is 0.336. The monoisotopic (exact) mass is 181 g/mol. The van der Waals surface area contributed by atoms with Gasteiger partial charge in [0.15, 0.2) is 11.3 Å². The summed E-state index contributed by atoms with van der Waals surface area (Å²) < 4.78 is 0. The Morgan fingerprint density at radius 2 is 2.25 bits per heavy atom. The maximum Gasteiger partial charge on any atom is 0.178 e. The van der Waals surface area contributed by atoms with E-state index in [4.69, 9.17) is 0 Å². The van der Waals surface area contributed by atoms with Crippen molar-refractivity contribution in [2.45, 2.75) is 18.3 Å². The fourth-order valence-corrected chi connectivity index (χ4v) is 1.87. The molecule has 0 unspecified atom stereocenters. The van der Waals surface area contributed by atoms with E-state index in [1.54, 1.807) is 5.38 Å². The van der Waals surface area contributed by atoms with E-state index in [9.17, 15) is 9.59 Å². The highest BCUT2D eigenvalue weighted by Gasteiger charge is 2.46. The molecule has 1 aliphatic carbocycles. The molecule has 1 aromatic heterocycles. The first-order valence-electron chi connectivity index (χ1n) is 3.68. The number of carbonyl (C=O) groups excluding carboxylic acids is 2. The number of aromatic nitrogens is 1. The summed E-state index contributed by atoms with van der Waals surface area (Å²) >= 11 is 1.29. The molecule has 1 aliphatic rings. The van der Waals surface area contributed by atoms with Crippen molar-refractivity contribution in [3.05, 3.63) is 16.1 Å². The summed E-state index contributed by atoms with van der Waals surface area (Å²) in [5.41, 5.74) is 0.433. The largest absolute Gasteiger partial charge is 0.302 e. The number of carbonyl (C=O) groups is 2. The zero-order valence-corrected chi connectivity index (χ0v) is 7.13. The zero-order valence-electron chi connectivity index (χ0n) is 6.32. The van der Waals surface area contributed by atoms with Crippen molar-refractivity contribution in [3.8, 4) is 0 Å². The molecule has 3 nitrogen and oxygen atoms in total. The third-order valence-electron chi connectivity index (χ3n) is 2.15. The minimum Gasteiger partial charge on any atom is -0.302 e. The number of rotatable bonds is 3. The summed E-state index contributed by atoms with van der Waals surface area (Å²) in [5.74, 6) is 0. The molecule has 4 heteroatoms. The Balaban J connectivity index is 2.34. The molecule has 0 N–H and O–H groups in total. The second-order valence-electron chi connectivity index (χ2n) is 2.96. The number of hydrogen-bond acceptors (Lipinski definition) is 4. The van der Waals surface area contributed by atoms with Crippen molar-refractivity contribution < 1.29 is 9.59 Å². The smallest absolute Gasteiger partial charge is 0.178 e. The molecule has 12 heavy (non-hydrogen) atoms. The Bertz CT molecular complexity index is 328. The van der Waals surface area contributed by atoms with Crippen LogP contribution in [0.25, 0.3) is 0 Å². The van der Waals surface area contributed by atoms with E-state index in [1.165, 1.54) is 11.3 Å². The lowest BCUT2D eigenvalue weighted by molar-refractivity contribution is -0.109. The minimum atomic E-state index is -0.336. The van der Waals surface area contributed by atoms with Gasteiger partial charge in [0.2, 0.25) is 0 Å². The average Bonchev–Trinajstić information content (AvgIpc) is 2.77. The van der Waals surface area contributed by atoms with Gasteiger partial charge in [-0.05, 0) is 12.8 Å². The summed E-state index contributed by atoms with van der Waals surface area (Å²) in [5, 5.41) is 2.25. The Labute approximate surface area is 73.4 Å². The molecule has 1 heterocycles. The molecule has 0 spiro atoms. The predicted molar refractivity (Wildman–Crippen MR) is 44.5 cm³/mol. The van der Waals surface area contributed by atoms with Crippen molar-refractivity contribution in [3.63, 3.8) is 0 Å². The van der Waals surface area contributed by atoms with Crippen LogP contribution in [-0.2, 0) is 10.2 Å². The van der Waals surface area contributed by atoms with Crippen LogP contribution in [0.2, 0.25) is 0 Å². The van der Waals surface area contributed by atoms with Gasteiger partial charge in [0.25, 0.3) is 0 Å². The molecule has 1 saturated carbocycles. The lowest BCUT2D eigenvalue weighted by Gasteiger charge is -1.98. The van der Waals surface area contributed by atoms with Crippen LogP contribution in [-0.4, -0.2) is 17.6 Å². The molecule has 1 aromatic rings. The van der Waals surface area contributed by atoms with Crippen molar-refractivity contribution in [2.24, 2.45) is 0 Å². The SMILES string of the molecule is O=Cc1nc(C2(C=O)CC2)cs1. The van der Waals surface area contributed by atoms with Crippen LogP contribution >= 0.6 is 11.3 Å². The Hall–Kier alpha value is -1.03. The van der Waals surface area contributed by atoms with E-state index in [1.807, 2.05) is 0 Å². The van der Waals surface area contributed by atoms with Crippen molar-refractivity contribution >= 4 is 23.9 Å². The standard InChI is InChI=1S/C8H7NO2S/c10-3-7-9-6(4-12-7)8(5-11)1-2-8/h3-5H,1-2H2. The van der Waals surface area contributed by atoms with Crippen LogP contribution in [0, 0.1) is 0 Å². The zero-order chi connectivity index (χ0) is 8.60. The molecule has 62 valence electrons. The second-order valence-corrected chi connectivity index (χ2v) is 3.85. The molecule has 0 atom stereocenters. The van der Waals surface area contributed by atoms with E-state index in [2.05, 4.69) is 4.98 Å². The van der Waals surface area contributed by atoms with Crippen LogP contribution in [0.4, 0.5) is 0 Å². The summed E-state index contributed by atoms with van der Waals surface area (Å²) in [6.45, 7) is 0. The summed E-state index contributed by atoms with van der Waals surface area (Å²) in [6.07, 6.45) is 3.41. The third-order valence-corrected chi connectivity index (χ3v) is 2.92. The summed E-state index contributed by atoms with van der Waals surface area (Å²) in [6, 6.07) is 0. The lowest BCUT2D eigenvalue weighted by Crippen LogP contribution is -2.08. The van der Waals surface area contributed by atoms with Crippen LogP contribution in [0.3, 0.4) is 0 Å². The van der Waals surface area contributed by atoms with Gasteiger partial charge in [-0.1, -0.05) is 0 Å². The van der Waals surface area contributed by atoms with E-state index in [0.29, 0.717) is 5.01 Å². The van der Waals surface area contributed by atoms with Crippen LogP contribution in [0.15, 0.2) is 5.38 Å². The van der Waals surface area contributed by atoms with Gasteiger partial charge in [0.1, 0.15) is 6.29 Å². The quantitative estimate of drug-likeness (QED) is 0.658. The van der Waals surface area contributed by atoms with E-state index < -0.39 is 0 Å². The Kier molecular flexibility index (Phi) is 1.58. The molecule has 0 aliphatic heterocycles. The highest BCUT2D eigenvalue weighted by Crippen LogP contribution is 2.46. The molecule has 0 aromatic carbocycles. The van der Waals surface area contributed by atoms with E-state index in [0.717, 1.165) is 31.1 Å². The maximum absolute atomic E-state index is 10.7. The van der Waals surface area contributed by atoms with Crippen LogP contribution < -0.4 is 0 Å². The predicted octanol–water partition coefficient (Wildman–Crippen LogP) is 1.19. The van der Waals surface area contributed by atoms with Crippen molar-refractivity contribution in [1.29, 1.82) is 0 Å². The molecular weight excluding hydrogens is 174 g/mol. The summed E-state index contributed by atoms with van der Waals surface area (Å²) in [4.78, 5) is 25.0. The second kappa shape index (κ2) is 2.48. The first kappa shape index (κ1) is 7.61. The van der Waals surface area contributed by atoms with Gasteiger partial charge in [0, 0.05) is 5.38 Å². The summed E-state index contributed by atoms with van der Waals surface area (Å²) in [7, 11) is 0. The third kappa shape index (κ3) is 0.992. The first-order chi connectivity index (χ1) is 5.80. The number of thiazole rings is 1. The number of hydrogen-bond donors (Lipinski definition) is 0. The van der Waals surface area contributed by atoms with Gasteiger partial charge in [0.05, 0.1) is 11.1 Å². The molecule has 2 rings (SSSR count). The van der Waals surface area contributed by atoms with Gasteiger partial charge < -0.3 is 4.79 Å². The fraction of sp³-hybridized carbons (Fsp3) is 0.375.